The Morgan fingerprint density at radius 3 is 2.77 bits per heavy atom. The summed E-state index contributed by atoms with van der Waals surface area (Å²) in [6.07, 6.45) is 1.75. The zero-order valence-corrected chi connectivity index (χ0v) is 8.95. The maximum atomic E-state index is 4.17. The Morgan fingerprint density at radius 2 is 2.15 bits per heavy atom. The molecule has 67 valence electrons. The van der Waals surface area contributed by atoms with Gasteiger partial charge >= 0.3 is 86.3 Å². The molecular formula is C10H11N2Se. The Labute approximate surface area is 86.6 Å². The summed E-state index contributed by atoms with van der Waals surface area (Å²) in [5, 5.41) is 3.12. The first-order valence-corrected chi connectivity index (χ1v) is 4.83. The van der Waals surface area contributed by atoms with E-state index >= 15 is 0 Å². The van der Waals surface area contributed by atoms with Crippen LogP contribution in [0.2, 0.25) is 0 Å². The van der Waals surface area contributed by atoms with Gasteiger partial charge in [-0.2, -0.15) is 0 Å². The van der Waals surface area contributed by atoms with E-state index in [2.05, 4.69) is 32.9 Å². The first kappa shape index (κ1) is 10.0. The van der Waals surface area contributed by atoms with Gasteiger partial charge in [-0.3, -0.25) is 0 Å². The molecule has 0 heterocycles. The van der Waals surface area contributed by atoms with Gasteiger partial charge in [0.2, 0.25) is 0 Å². The second kappa shape index (κ2) is 5.57. The quantitative estimate of drug-likeness (QED) is 0.369. The Hall–Kier alpha value is -1.05. The van der Waals surface area contributed by atoms with E-state index in [9.17, 15) is 0 Å². The van der Waals surface area contributed by atoms with Crippen molar-refractivity contribution in [3.63, 3.8) is 0 Å². The second-order valence-corrected chi connectivity index (χ2v) is 3.24. The third kappa shape index (κ3) is 3.92. The molecule has 2 nitrogen and oxygen atoms in total. The van der Waals surface area contributed by atoms with Gasteiger partial charge < -0.3 is 0 Å². The zero-order valence-electron chi connectivity index (χ0n) is 7.23. The van der Waals surface area contributed by atoms with Crippen molar-refractivity contribution in [2.24, 2.45) is 4.99 Å². The second-order valence-electron chi connectivity index (χ2n) is 2.43. The average molecular weight is 238 g/mol. The van der Waals surface area contributed by atoms with E-state index in [1.165, 1.54) is 0 Å². The molecule has 1 radical (unpaired) electrons. The van der Waals surface area contributed by atoms with Crippen LogP contribution in [0.1, 0.15) is 0 Å². The number of hydrogen-bond donors (Lipinski definition) is 1. The van der Waals surface area contributed by atoms with Gasteiger partial charge in [0, 0.05) is 0 Å². The van der Waals surface area contributed by atoms with Gasteiger partial charge in [0.25, 0.3) is 0 Å². The molecule has 13 heavy (non-hydrogen) atoms. The minimum atomic E-state index is 0.627. The molecule has 0 bridgehead atoms. The van der Waals surface area contributed by atoms with Gasteiger partial charge in [0.15, 0.2) is 0 Å². The fourth-order valence-corrected chi connectivity index (χ4v) is 1.24. The molecule has 0 saturated heterocycles. The van der Waals surface area contributed by atoms with E-state index in [1.54, 1.807) is 6.08 Å². The molecule has 0 spiro atoms. The zero-order chi connectivity index (χ0) is 9.52. The topological polar surface area (TPSA) is 24.4 Å². The van der Waals surface area contributed by atoms with Crippen LogP contribution in [0.15, 0.2) is 48.0 Å². The summed E-state index contributed by atoms with van der Waals surface area (Å²) in [5.41, 5.74) is 1.03. The number of rotatable bonds is 3. The Balaban J connectivity index is 2.54. The number of para-hydroxylation sites is 1. The maximum absolute atomic E-state index is 4.17. The molecule has 0 unspecified atom stereocenters. The third-order valence-electron chi connectivity index (χ3n) is 1.39. The molecule has 1 rings (SSSR count). The first-order valence-electron chi connectivity index (χ1n) is 3.97. The predicted octanol–water partition coefficient (Wildman–Crippen LogP) is 1.81. The normalized spacial score (nSPS) is 10.9. The van der Waals surface area contributed by atoms with Crippen molar-refractivity contribution in [1.29, 1.82) is 0 Å². The van der Waals surface area contributed by atoms with Crippen LogP contribution in [-0.4, -0.2) is 27.3 Å². The molecule has 0 saturated carbocycles. The van der Waals surface area contributed by atoms with Gasteiger partial charge in [0.1, 0.15) is 0 Å². The fraction of sp³-hybridized carbons (Fsp3) is 0.100. The fourth-order valence-electron chi connectivity index (χ4n) is 0.832. The molecule has 1 aromatic carbocycles. The van der Waals surface area contributed by atoms with Gasteiger partial charge in [-0.25, -0.2) is 0 Å². The van der Waals surface area contributed by atoms with Crippen LogP contribution in [0, 0.1) is 0 Å². The van der Waals surface area contributed by atoms with Crippen LogP contribution in [0.5, 0.6) is 0 Å². The van der Waals surface area contributed by atoms with Crippen molar-refractivity contribution < 1.29 is 0 Å². The number of nitrogens with one attached hydrogen (secondary N) is 1. The molecular weight excluding hydrogens is 227 g/mol. The van der Waals surface area contributed by atoms with E-state index < -0.39 is 0 Å². The van der Waals surface area contributed by atoms with Crippen LogP contribution >= 0.6 is 0 Å². The summed E-state index contributed by atoms with van der Waals surface area (Å²) in [6.45, 7) is 4.22. The van der Waals surface area contributed by atoms with Crippen molar-refractivity contribution in [2.75, 3.05) is 11.9 Å². The summed E-state index contributed by atoms with van der Waals surface area (Å²) >= 11 is 2.85. The molecule has 0 fully saturated rings. The molecule has 0 aliphatic carbocycles. The van der Waals surface area contributed by atoms with Gasteiger partial charge in [-0.05, 0) is 0 Å². The molecule has 0 aromatic heterocycles. The van der Waals surface area contributed by atoms with Crippen LogP contribution < -0.4 is 5.32 Å². The van der Waals surface area contributed by atoms with E-state index in [1.807, 2.05) is 30.3 Å². The van der Waals surface area contributed by atoms with Gasteiger partial charge in [0.05, 0.1) is 0 Å². The van der Waals surface area contributed by atoms with E-state index in [4.69, 9.17) is 0 Å². The Bertz CT molecular complexity index is 293. The standard InChI is InChI=1S/C10H11N2Se/c1-2-8-11-10(13)12-9-6-4-3-5-7-9/h2-7H,1,8H2,(H,11,12). The molecule has 0 amide bonds. The van der Waals surface area contributed by atoms with Gasteiger partial charge in [-0.1, -0.05) is 0 Å². The molecule has 0 atom stereocenters. The number of anilines is 1. The number of nitrogens with zero attached hydrogens (tertiary/aromatic N) is 1. The minimum absolute atomic E-state index is 0.627. The molecule has 0 aliphatic rings. The number of hydrogen-bond acceptors (Lipinski definition) is 1. The van der Waals surface area contributed by atoms with E-state index in [-0.39, 0.29) is 0 Å². The number of benzene rings is 1. The molecule has 3 heteroatoms. The van der Waals surface area contributed by atoms with Crippen molar-refractivity contribution in [1.82, 2.24) is 0 Å². The summed E-state index contributed by atoms with van der Waals surface area (Å²) in [4.78, 5) is 4.17. The van der Waals surface area contributed by atoms with Crippen molar-refractivity contribution in [2.45, 2.75) is 0 Å². The van der Waals surface area contributed by atoms with Crippen molar-refractivity contribution in [3.05, 3.63) is 43.0 Å². The molecule has 0 aliphatic heterocycles. The predicted molar refractivity (Wildman–Crippen MR) is 58.3 cm³/mol. The first-order chi connectivity index (χ1) is 6.33. The monoisotopic (exact) mass is 239 g/mol. The number of amidine groups is 1. The summed E-state index contributed by atoms with van der Waals surface area (Å²) < 4.78 is 0.783. The van der Waals surface area contributed by atoms with Crippen LogP contribution in [0.25, 0.3) is 0 Å². The molecule has 1 aromatic rings. The third-order valence-corrected chi connectivity index (χ3v) is 1.87. The van der Waals surface area contributed by atoms with Crippen LogP contribution in [0.3, 0.4) is 0 Å². The van der Waals surface area contributed by atoms with Crippen molar-refractivity contribution >= 4 is 26.4 Å². The number of aliphatic imine (C=N–C) groups is 1. The van der Waals surface area contributed by atoms with E-state index in [0.717, 1.165) is 10.4 Å². The van der Waals surface area contributed by atoms with Crippen LogP contribution in [0.4, 0.5) is 5.69 Å². The molecule has 1 N–H and O–H groups in total. The summed E-state index contributed by atoms with van der Waals surface area (Å²) in [7, 11) is 0. The van der Waals surface area contributed by atoms with Gasteiger partial charge in [-0.15, -0.1) is 0 Å². The van der Waals surface area contributed by atoms with Crippen LogP contribution in [-0.2, 0) is 0 Å². The Kier molecular flexibility index (Phi) is 4.30. The average Bonchev–Trinajstić information content (AvgIpc) is 2.16. The summed E-state index contributed by atoms with van der Waals surface area (Å²) in [5.74, 6) is 0. The Morgan fingerprint density at radius 1 is 1.46 bits per heavy atom. The summed E-state index contributed by atoms with van der Waals surface area (Å²) in [6, 6.07) is 9.90. The van der Waals surface area contributed by atoms with Crippen molar-refractivity contribution in [3.8, 4) is 0 Å². The SMILES string of the molecule is C=CCN=C([Se])Nc1ccccc1. The van der Waals surface area contributed by atoms with E-state index in [0.29, 0.717) is 6.54 Å².